The monoisotopic (exact) mass is 282 g/mol. The van der Waals surface area contributed by atoms with Gasteiger partial charge in [-0.3, -0.25) is 5.43 Å². The summed E-state index contributed by atoms with van der Waals surface area (Å²) in [5, 5.41) is 4.33. The Morgan fingerprint density at radius 1 is 1.14 bits per heavy atom. The molecule has 1 fully saturated rings. The van der Waals surface area contributed by atoms with Crippen LogP contribution in [0.5, 0.6) is 0 Å². The first-order valence-corrected chi connectivity index (χ1v) is 7.39. The summed E-state index contributed by atoms with van der Waals surface area (Å²) < 4.78 is 0. The lowest BCUT2D eigenvalue weighted by atomic mass is 10.0. The fourth-order valence-electron chi connectivity index (χ4n) is 2.76. The first kappa shape index (κ1) is 13.9. The van der Waals surface area contributed by atoms with Crippen LogP contribution in [-0.4, -0.2) is 43.8 Å². The average molecular weight is 282 g/mol. The molecule has 0 aromatic heterocycles. The molecule has 2 aliphatic heterocycles. The number of allylic oxidation sites excluding steroid dienone is 2. The molecular formula is C17H22N4. The van der Waals surface area contributed by atoms with Gasteiger partial charge in [-0.15, -0.1) is 0 Å². The third-order valence-electron chi connectivity index (χ3n) is 4.10. The summed E-state index contributed by atoms with van der Waals surface area (Å²) in [5.74, 6) is 0. The molecular weight excluding hydrogens is 260 g/mol. The zero-order valence-electron chi connectivity index (χ0n) is 12.8. The highest BCUT2D eigenvalue weighted by atomic mass is 15.3. The Kier molecular flexibility index (Phi) is 3.80. The van der Waals surface area contributed by atoms with Gasteiger partial charge in [0, 0.05) is 43.1 Å². The number of likely N-dealkylation sites (N-methyl/N-ethyl adjacent to an activating group) is 1. The Balaban J connectivity index is 1.80. The molecule has 2 aliphatic rings. The number of aryl methyl sites for hydroxylation is 1. The van der Waals surface area contributed by atoms with Crippen LogP contribution in [0.4, 0.5) is 5.69 Å². The smallest absolute Gasteiger partial charge is 0.0906 e. The molecule has 1 aromatic rings. The van der Waals surface area contributed by atoms with Crippen molar-refractivity contribution in [2.75, 3.05) is 38.1 Å². The fraction of sp³-hybridized carbons (Fsp3) is 0.353. The molecule has 1 aromatic carbocycles. The van der Waals surface area contributed by atoms with Crippen molar-refractivity contribution in [1.82, 2.24) is 10.3 Å². The fourth-order valence-corrected chi connectivity index (χ4v) is 2.76. The third-order valence-corrected chi connectivity index (χ3v) is 4.10. The van der Waals surface area contributed by atoms with E-state index in [0.717, 1.165) is 43.2 Å². The van der Waals surface area contributed by atoms with Crippen molar-refractivity contribution in [3.8, 4) is 0 Å². The lowest BCUT2D eigenvalue weighted by Gasteiger charge is -2.35. The van der Waals surface area contributed by atoms with Crippen LogP contribution in [0.3, 0.4) is 0 Å². The van der Waals surface area contributed by atoms with Crippen molar-refractivity contribution >= 4 is 11.4 Å². The molecule has 0 aliphatic carbocycles. The molecule has 4 heteroatoms. The number of hydrogen-bond acceptors (Lipinski definition) is 4. The first-order valence-electron chi connectivity index (χ1n) is 7.39. The molecule has 0 amide bonds. The summed E-state index contributed by atoms with van der Waals surface area (Å²) in [5.41, 5.74) is 8.48. The molecule has 1 saturated heterocycles. The topological polar surface area (TPSA) is 30.9 Å². The summed E-state index contributed by atoms with van der Waals surface area (Å²) in [6.45, 7) is 10.5. The molecule has 0 unspecified atom stereocenters. The van der Waals surface area contributed by atoms with E-state index in [4.69, 9.17) is 0 Å². The number of nitrogens with one attached hydrogen (secondary N) is 1. The van der Waals surface area contributed by atoms with Crippen LogP contribution in [0.2, 0.25) is 0 Å². The van der Waals surface area contributed by atoms with Crippen LogP contribution < -0.4 is 10.3 Å². The van der Waals surface area contributed by atoms with Gasteiger partial charge in [0.05, 0.1) is 5.71 Å². The Bertz CT molecular complexity index is 607. The van der Waals surface area contributed by atoms with Gasteiger partial charge in [-0.25, -0.2) is 0 Å². The van der Waals surface area contributed by atoms with Crippen molar-refractivity contribution in [3.05, 3.63) is 53.8 Å². The number of rotatable bonds is 2. The minimum Gasteiger partial charge on any atom is -0.369 e. The standard InChI is InChI=1S/C17H22N4/c1-13-12-15(16-6-4-14(2)18-19-16)5-7-17(13)21-10-8-20(3)9-11-21/h4-7,12,18H,2,8-11H2,1,3H3. The summed E-state index contributed by atoms with van der Waals surface area (Å²) in [7, 11) is 2.18. The van der Waals surface area contributed by atoms with E-state index in [0.29, 0.717) is 0 Å². The number of piperazine rings is 1. The van der Waals surface area contributed by atoms with Gasteiger partial charge in [0.25, 0.3) is 0 Å². The van der Waals surface area contributed by atoms with Gasteiger partial charge in [0.2, 0.25) is 0 Å². The van der Waals surface area contributed by atoms with E-state index in [1.807, 2.05) is 12.2 Å². The summed E-state index contributed by atoms with van der Waals surface area (Å²) in [6.07, 6.45) is 3.95. The second-order valence-electron chi connectivity index (χ2n) is 5.76. The highest BCUT2D eigenvalue weighted by molar-refractivity contribution is 6.09. The zero-order valence-corrected chi connectivity index (χ0v) is 12.8. The summed E-state index contributed by atoms with van der Waals surface area (Å²) in [6, 6.07) is 6.59. The highest BCUT2D eigenvalue weighted by Crippen LogP contribution is 2.23. The summed E-state index contributed by atoms with van der Waals surface area (Å²) in [4.78, 5) is 4.85. The molecule has 4 nitrogen and oxygen atoms in total. The van der Waals surface area contributed by atoms with Crippen LogP contribution >= 0.6 is 0 Å². The lowest BCUT2D eigenvalue weighted by Crippen LogP contribution is -2.44. The largest absolute Gasteiger partial charge is 0.369 e. The Morgan fingerprint density at radius 3 is 2.52 bits per heavy atom. The zero-order chi connectivity index (χ0) is 14.8. The molecule has 3 rings (SSSR count). The minimum absolute atomic E-state index is 0.824. The van der Waals surface area contributed by atoms with Crippen LogP contribution in [-0.2, 0) is 0 Å². The summed E-state index contributed by atoms with van der Waals surface area (Å²) >= 11 is 0. The maximum Gasteiger partial charge on any atom is 0.0906 e. The van der Waals surface area contributed by atoms with E-state index in [1.54, 1.807) is 0 Å². The average Bonchev–Trinajstić information content (AvgIpc) is 2.49. The number of benzene rings is 1. The van der Waals surface area contributed by atoms with Crippen molar-refractivity contribution in [2.45, 2.75) is 6.92 Å². The maximum absolute atomic E-state index is 4.33. The predicted molar refractivity (Wildman–Crippen MR) is 88.8 cm³/mol. The van der Waals surface area contributed by atoms with E-state index >= 15 is 0 Å². The van der Waals surface area contributed by atoms with Gasteiger partial charge < -0.3 is 9.80 Å². The second kappa shape index (κ2) is 5.74. The Hall–Kier alpha value is -2.07. The van der Waals surface area contributed by atoms with Gasteiger partial charge in [0.1, 0.15) is 0 Å². The molecule has 0 spiro atoms. The van der Waals surface area contributed by atoms with Crippen molar-refractivity contribution < 1.29 is 0 Å². The van der Waals surface area contributed by atoms with Gasteiger partial charge in [-0.05, 0) is 43.8 Å². The van der Waals surface area contributed by atoms with Crippen LogP contribution in [0.1, 0.15) is 11.1 Å². The number of hydrazone groups is 1. The van der Waals surface area contributed by atoms with Crippen molar-refractivity contribution in [3.63, 3.8) is 0 Å². The third kappa shape index (κ3) is 3.00. The van der Waals surface area contributed by atoms with Gasteiger partial charge in [-0.2, -0.15) is 5.10 Å². The molecule has 1 N–H and O–H groups in total. The molecule has 110 valence electrons. The van der Waals surface area contributed by atoms with E-state index in [1.165, 1.54) is 11.3 Å². The molecule has 0 radical (unpaired) electrons. The van der Waals surface area contributed by atoms with Gasteiger partial charge in [-0.1, -0.05) is 12.6 Å². The minimum atomic E-state index is 0.824. The molecule has 21 heavy (non-hydrogen) atoms. The van der Waals surface area contributed by atoms with E-state index in [9.17, 15) is 0 Å². The van der Waals surface area contributed by atoms with E-state index in [2.05, 4.69) is 59.1 Å². The maximum atomic E-state index is 4.33. The van der Waals surface area contributed by atoms with Crippen molar-refractivity contribution in [1.29, 1.82) is 0 Å². The first-order chi connectivity index (χ1) is 10.1. The van der Waals surface area contributed by atoms with E-state index < -0.39 is 0 Å². The van der Waals surface area contributed by atoms with Gasteiger partial charge in [0.15, 0.2) is 0 Å². The Morgan fingerprint density at radius 2 is 1.90 bits per heavy atom. The van der Waals surface area contributed by atoms with Crippen LogP contribution in [0.25, 0.3) is 0 Å². The number of anilines is 1. The quantitative estimate of drug-likeness (QED) is 0.901. The molecule has 0 saturated carbocycles. The lowest BCUT2D eigenvalue weighted by molar-refractivity contribution is 0.312. The SMILES string of the molecule is C=C1C=CC(c2ccc(N3CCN(C)CC3)c(C)c2)=NN1. The molecule has 0 atom stereocenters. The molecule has 0 bridgehead atoms. The second-order valence-corrected chi connectivity index (χ2v) is 5.76. The van der Waals surface area contributed by atoms with E-state index in [-0.39, 0.29) is 0 Å². The number of hydrogen-bond donors (Lipinski definition) is 1. The molecule has 2 heterocycles. The van der Waals surface area contributed by atoms with Crippen LogP contribution in [0, 0.1) is 6.92 Å². The highest BCUT2D eigenvalue weighted by Gasteiger charge is 2.16. The van der Waals surface area contributed by atoms with Crippen LogP contribution in [0.15, 0.2) is 47.7 Å². The Labute approximate surface area is 126 Å². The van der Waals surface area contributed by atoms with Gasteiger partial charge >= 0.3 is 0 Å². The van der Waals surface area contributed by atoms with Crippen molar-refractivity contribution in [2.24, 2.45) is 5.10 Å². The normalized spacial score (nSPS) is 19.4. The predicted octanol–water partition coefficient (Wildman–Crippen LogP) is 2.12. The number of nitrogens with zero attached hydrogens (tertiary/aromatic N) is 3.